The van der Waals surface area contributed by atoms with Crippen LogP contribution in [0.5, 0.6) is 11.5 Å². The number of fused-ring (bicyclic) bond motifs is 1. The molecule has 1 atom stereocenters. The third kappa shape index (κ3) is 4.24. The van der Waals surface area contributed by atoms with E-state index in [9.17, 15) is 18.3 Å². The fourth-order valence-corrected chi connectivity index (χ4v) is 7.16. The molecule has 3 aromatic rings. The van der Waals surface area contributed by atoms with Crippen molar-refractivity contribution in [1.29, 1.82) is 0 Å². The van der Waals surface area contributed by atoms with Crippen LogP contribution in [-0.4, -0.2) is 49.7 Å². The molecule has 2 aliphatic heterocycles. The van der Waals surface area contributed by atoms with Gasteiger partial charge in [-0.3, -0.25) is 4.79 Å². The summed E-state index contributed by atoms with van der Waals surface area (Å²) in [4.78, 5) is 13.6. The Kier molecular flexibility index (Phi) is 6.17. The van der Waals surface area contributed by atoms with Gasteiger partial charge in [0.15, 0.2) is 11.5 Å². The van der Waals surface area contributed by atoms with Crippen molar-refractivity contribution in [2.75, 3.05) is 25.3 Å². The summed E-state index contributed by atoms with van der Waals surface area (Å²) in [7, 11) is -3.67. The average Bonchev–Trinajstić information content (AvgIpc) is 3.36. The second-order valence-electron chi connectivity index (χ2n) is 10.3. The number of anilines is 1. The largest absolute Gasteiger partial charge is 0.454 e. The Morgan fingerprint density at radius 3 is 2.58 bits per heavy atom. The first-order chi connectivity index (χ1) is 18.3. The number of nitrogens with zero attached hydrogens (tertiary/aromatic N) is 1. The molecule has 2 heterocycles. The summed E-state index contributed by atoms with van der Waals surface area (Å²) in [5.41, 5.74) is 3.80. The van der Waals surface area contributed by atoms with Crippen LogP contribution >= 0.6 is 0 Å². The minimum Gasteiger partial charge on any atom is -0.454 e. The molecule has 38 heavy (non-hydrogen) atoms. The fraction of sp³-hybridized carbons (Fsp3) is 0.345. The highest BCUT2D eigenvalue weighted by atomic mass is 32.2. The van der Waals surface area contributed by atoms with Crippen LogP contribution in [0.25, 0.3) is 11.1 Å². The highest BCUT2D eigenvalue weighted by molar-refractivity contribution is 7.89. The molecule has 0 spiro atoms. The Balaban J connectivity index is 0.00000308. The lowest BCUT2D eigenvalue weighted by molar-refractivity contribution is -0.118. The van der Waals surface area contributed by atoms with E-state index >= 15 is 0 Å². The Labute approximate surface area is 223 Å². The van der Waals surface area contributed by atoms with E-state index in [0.717, 1.165) is 41.5 Å². The van der Waals surface area contributed by atoms with Crippen LogP contribution in [0.15, 0.2) is 65.6 Å². The monoisotopic (exact) mass is 536 g/mol. The van der Waals surface area contributed by atoms with Gasteiger partial charge in [-0.2, -0.15) is 4.31 Å². The quantitative estimate of drug-likeness (QED) is 0.462. The van der Waals surface area contributed by atoms with Gasteiger partial charge < -0.3 is 19.9 Å². The molecule has 0 radical (unpaired) electrons. The van der Waals surface area contributed by atoms with Gasteiger partial charge in [0.05, 0.1) is 16.9 Å². The van der Waals surface area contributed by atoms with Crippen molar-refractivity contribution >= 4 is 21.6 Å². The van der Waals surface area contributed by atoms with Crippen LogP contribution in [-0.2, 0) is 20.2 Å². The number of rotatable bonds is 7. The standard InChI is InChI=1S/C29H30N2O6S.H2/c1-19-4-8-22(30-28(33)29(12-13-29)21-7-11-26-27(15-21)37-18-36-26)16-25(19)20-5-9-24(10-6-20)38(34,35)31-14-2-3-23(31)17-32;/h4-11,15-16,23,32H,2-3,12-14,17-18H2,1H3,(H,30,33);1H/t23-;/m1./s1. The predicted octanol–water partition coefficient (Wildman–Crippen LogP) is 4.45. The van der Waals surface area contributed by atoms with E-state index in [1.54, 1.807) is 24.3 Å². The summed E-state index contributed by atoms with van der Waals surface area (Å²) in [5.74, 6) is 1.30. The minimum atomic E-state index is -3.67. The van der Waals surface area contributed by atoms with Crippen molar-refractivity contribution in [2.24, 2.45) is 0 Å². The second kappa shape index (κ2) is 9.41. The molecule has 200 valence electrons. The smallest absolute Gasteiger partial charge is 0.243 e. The van der Waals surface area contributed by atoms with Gasteiger partial charge in [0.1, 0.15) is 0 Å². The molecule has 1 saturated heterocycles. The van der Waals surface area contributed by atoms with Crippen LogP contribution in [0, 0.1) is 6.92 Å². The summed E-state index contributed by atoms with van der Waals surface area (Å²) in [5, 5.41) is 12.7. The molecule has 1 saturated carbocycles. The van der Waals surface area contributed by atoms with Gasteiger partial charge in [0, 0.05) is 19.7 Å². The fourth-order valence-electron chi connectivity index (χ4n) is 5.48. The van der Waals surface area contributed by atoms with E-state index in [-0.39, 0.29) is 31.7 Å². The number of sulfonamides is 1. The van der Waals surface area contributed by atoms with Gasteiger partial charge in [0.2, 0.25) is 22.7 Å². The van der Waals surface area contributed by atoms with Crippen LogP contribution in [0.3, 0.4) is 0 Å². The van der Waals surface area contributed by atoms with E-state index in [0.29, 0.717) is 30.2 Å². The molecule has 0 aromatic heterocycles. The average molecular weight is 537 g/mol. The maximum Gasteiger partial charge on any atom is 0.243 e. The number of benzene rings is 3. The zero-order chi connectivity index (χ0) is 26.5. The first-order valence-electron chi connectivity index (χ1n) is 12.9. The number of aliphatic hydroxyl groups excluding tert-OH is 1. The lowest BCUT2D eigenvalue weighted by Gasteiger charge is -2.22. The lowest BCUT2D eigenvalue weighted by Crippen LogP contribution is -2.37. The minimum absolute atomic E-state index is 0. The van der Waals surface area contributed by atoms with Crippen molar-refractivity contribution in [3.05, 3.63) is 71.8 Å². The van der Waals surface area contributed by atoms with Crippen molar-refractivity contribution in [3.8, 4) is 22.6 Å². The Hall–Kier alpha value is -3.40. The lowest BCUT2D eigenvalue weighted by atomic mass is 9.94. The van der Waals surface area contributed by atoms with Crippen molar-refractivity contribution in [3.63, 3.8) is 0 Å². The van der Waals surface area contributed by atoms with Gasteiger partial charge in [-0.1, -0.05) is 24.3 Å². The summed E-state index contributed by atoms with van der Waals surface area (Å²) in [6.45, 7) is 2.42. The molecule has 2 fully saturated rings. The Bertz CT molecular complexity index is 1500. The molecular formula is C29H32N2O6S. The van der Waals surface area contributed by atoms with Crippen molar-refractivity contribution < 1.29 is 29.2 Å². The van der Waals surface area contributed by atoms with Crippen LogP contribution in [0.1, 0.15) is 38.2 Å². The molecular weight excluding hydrogens is 504 g/mol. The first kappa shape index (κ1) is 24.9. The number of aryl methyl sites for hydroxylation is 1. The number of carbonyl (C=O) groups is 1. The highest BCUT2D eigenvalue weighted by Gasteiger charge is 2.51. The zero-order valence-corrected chi connectivity index (χ0v) is 22.0. The molecule has 3 aromatic carbocycles. The third-order valence-corrected chi connectivity index (χ3v) is 9.88. The van der Waals surface area contributed by atoms with Gasteiger partial charge in [-0.05, 0) is 91.3 Å². The number of ether oxygens (including phenoxy) is 2. The maximum absolute atomic E-state index is 13.4. The molecule has 2 N–H and O–H groups in total. The zero-order valence-electron chi connectivity index (χ0n) is 21.1. The summed E-state index contributed by atoms with van der Waals surface area (Å²) >= 11 is 0. The van der Waals surface area contributed by atoms with E-state index in [1.165, 1.54) is 4.31 Å². The van der Waals surface area contributed by atoms with E-state index in [2.05, 4.69) is 5.32 Å². The van der Waals surface area contributed by atoms with Crippen molar-refractivity contribution in [1.82, 2.24) is 4.31 Å². The van der Waals surface area contributed by atoms with Crippen LogP contribution < -0.4 is 14.8 Å². The van der Waals surface area contributed by atoms with Crippen LogP contribution in [0.4, 0.5) is 5.69 Å². The highest BCUT2D eigenvalue weighted by Crippen LogP contribution is 2.51. The van der Waals surface area contributed by atoms with Gasteiger partial charge in [-0.15, -0.1) is 0 Å². The summed E-state index contributed by atoms with van der Waals surface area (Å²) in [6, 6.07) is 17.9. The molecule has 3 aliphatic rings. The number of carbonyl (C=O) groups excluding carboxylic acids is 1. The maximum atomic E-state index is 13.4. The molecule has 1 amide bonds. The summed E-state index contributed by atoms with van der Waals surface area (Å²) < 4.78 is 38.6. The first-order valence-corrected chi connectivity index (χ1v) is 14.3. The number of hydrogen-bond donors (Lipinski definition) is 2. The predicted molar refractivity (Wildman–Crippen MR) is 145 cm³/mol. The molecule has 0 bridgehead atoms. The third-order valence-electron chi connectivity index (χ3n) is 7.91. The number of nitrogens with one attached hydrogen (secondary N) is 1. The number of hydrogen-bond acceptors (Lipinski definition) is 6. The Morgan fingerprint density at radius 1 is 1.08 bits per heavy atom. The van der Waals surface area contributed by atoms with Crippen LogP contribution in [0.2, 0.25) is 0 Å². The van der Waals surface area contributed by atoms with E-state index in [1.807, 2.05) is 43.3 Å². The molecule has 9 heteroatoms. The topological polar surface area (TPSA) is 105 Å². The van der Waals surface area contributed by atoms with Gasteiger partial charge in [-0.25, -0.2) is 8.42 Å². The SMILES string of the molecule is Cc1ccc(NC(=O)C2(c3ccc4c(c3)OCO4)CC2)cc1-c1ccc(S(=O)(=O)N2CCC[C@@H]2CO)cc1.[HH]. The number of amides is 1. The van der Waals surface area contributed by atoms with Gasteiger partial charge in [0.25, 0.3) is 0 Å². The van der Waals surface area contributed by atoms with Crippen molar-refractivity contribution in [2.45, 2.75) is 49.0 Å². The van der Waals surface area contributed by atoms with E-state index in [4.69, 9.17) is 9.47 Å². The summed E-state index contributed by atoms with van der Waals surface area (Å²) in [6.07, 6.45) is 2.94. The molecule has 8 nitrogen and oxygen atoms in total. The molecule has 6 rings (SSSR count). The normalized spacial score (nSPS) is 19.9. The molecule has 1 aliphatic carbocycles. The van der Waals surface area contributed by atoms with Gasteiger partial charge >= 0.3 is 0 Å². The Morgan fingerprint density at radius 2 is 1.84 bits per heavy atom. The van der Waals surface area contributed by atoms with E-state index < -0.39 is 15.4 Å². The number of aliphatic hydroxyl groups is 1. The second-order valence-corrected chi connectivity index (χ2v) is 12.1. The molecule has 0 unspecified atom stereocenters.